The minimum absolute atomic E-state index is 0.170. The summed E-state index contributed by atoms with van der Waals surface area (Å²) in [6, 6.07) is 5.91. The van der Waals surface area contributed by atoms with Gasteiger partial charge in [0.15, 0.2) is 11.4 Å². The summed E-state index contributed by atoms with van der Waals surface area (Å²) < 4.78 is 0. The van der Waals surface area contributed by atoms with Gasteiger partial charge in [0.1, 0.15) is 10.7 Å². The molecule has 1 unspecified atom stereocenters. The fourth-order valence-electron chi connectivity index (χ4n) is 3.05. The Bertz CT molecular complexity index is 1090. The van der Waals surface area contributed by atoms with E-state index in [1.165, 1.54) is 24.2 Å². The van der Waals surface area contributed by atoms with Crippen LogP contribution in [0.2, 0.25) is 5.02 Å². The molecule has 0 bridgehead atoms. The fraction of sp³-hybridized carbons (Fsp3) is 0.200. The van der Waals surface area contributed by atoms with Gasteiger partial charge in [-0.05, 0) is 31.0 Å². The minimum atomic E-state index is -1.41. The van der Waals surface area contributed by atoms with E-state index in [0.29, 0.717) is 16.5 Å². The number of nitrogen functional groups attached to an aromatic ring is 1. The number of fused-ring (bicyclic) bond motifs is 1. The van der Waals surface area contributed by atoms with Gasteiger partial charge in [-0.25, -0.2) is 4.98 Å². The Hall–Kier alpha value is -3.21. The Morgan fingerprint density at radius 2 is 2.11 bits per heavy atom. The largest absolute Gasteiger partial charge is 0.372 e. The van der Waals surface area contributed by atoms with Crippen LogP contribution in [0.15, 0.2) is 43.0 Å². The second-order valence-corrected chi connectivity index (χ2v) is 6.96. The van der Waals surface area contributed by atoms with Crippen LogP contribution in [0.1, 0.15) is 23.7 Å². The molecule has 2 aromatic heterocycles. The van der Waals surface area contributed by atoms with Gasteiger partial charge in [-0.15, -0.1) is 0 Å². The molecular weight excluding hydrogens is 376 g/mol. The number of nitrogens with zero attached hydrogens (tertiary/aromatic N) is 5. The van der Waals surface area contributed by atoms with Crippen molar-refractivity contribution in [2.24, 2.45) is 0 Å². The predicted octanol–water partition coefficient (Wildman–Crippen LogP) is 2.46. The lowest BCUT2D eigenvalue weighted by Gasteiger charge is -2.19. The Labute approximate surface area is 167 Å². The normalized spacial score (nSPS) is 14.8. The predicted molar refractivity (Wildman–Crippen MR) is 107 cm³/mol. The van der Waals surface area contributed by atoms with Gasteiger partial charge in [-0.1, -0.05) is 29.5 Å². The Morgan fingerprint density at radius 3 is 2.89 bits per heavy atom. The number of aliphatic hydroxyl groups is 1. The lowest BCUT2D eigenvalue weighted by Crippen LogP contribution is -2.20. The molecule has 8 heteroatoms. The molecule has 140 valence electrons. The number of hydrogen-bond acceptors (Lipinski definition) is 7. The van der Waals surface area contributed by atoms with Gasteiger partial charge in [0.2, 0.25) is 5.95 Å². The van der Waals surface area contributed by atoms with Crippen LogP contribution in [0.5, 0.6) is 0 Å². The molecule has 0 saturated carbocycles. The van der Waals surface area contributed by atoms with Gasteiger partial charge in [-0.3, -0.25) is 9.97 Å². The van der Waals surface area contributed by atoms with Gasteiger partial charge in [0.05, 0.1) is 12.4 Å². The second kappa shape index (κ2) is 7.08. The van der Waals surface area contributed by atoms with Crippen LogP contribution in [0.4, 0.5) is 17.5 Å². The molecule has 3 N–H and O–H groups in total. The monoisotopic (exact) mass is 392 g/mol. The molecule has 7 nitrogen and oxygen atoms in total. The SMILES string of the molecule is CC(O)(C#Cc1ccc2c(c1)N(c1nc(N)ncc1Cl)CC2)c1cnccn1. The molecule has 0 fully saturated rings. The van der Waals surface area contributed by atoms with Crippen LogP contribution in [0.3, 0.4) is 0 Å². The first kappa shape index (κ1) is 18.2. The van der Waals surface area contributed by atoms with E-state index in [1.807, 2.05) is 23.1 Å². The Morgan fingerprint density at radius 1 is 1.25 bits per heavy atom. The van der Waals surface area contributed by atoms with Crippen LogP contribution in [0, 0.1) is 11.8 Å². The van der Waals surface area contributed by atoms with E-state index in [0.717, 1.165) is 24.2 Å². The molecule has 0 radical (unpaired) electrons. The smallest absolute Gasteiger partial charge is 0.222 e. The molecule has 0 saturated heterocycles. The van der Waals surface area contributed by atoms with E-state index in [2.05, 4.69) is 31.8 Å². The van der Waals surface area contributed by atoms with Crippen LogP contribution >= 0.6 is 11.6 Å². The molecule has 1 aliphatic rings. The third-order valence-corrected chi connectivity index (χ3v) is 4.76. The molecular formula is C20H17ClN6O. The summed E-state index contributed by atoms with van der Waals surface area (Å²) in [6.07, 6.45) is 6.93. The zero-order chi connectivity index (χ0) is 19.7. The van der Waals surface area contributed by atoms with E-state index in [9.17, 15) is 5.11 Å². The maximum absolute atomic E-state index is 10.6. The van der Waals surface area contributed by atoms with Crippen LogP contribution < -0.4 is 10.6 Å². The highest BCUT2D eigenvalue weighted by molar-refractivity contribution is 6.33. The van der Waals surface area contributed by atoms with Crippen molar-refractivity contribution in [3.63, 3.8) is 0 Å². The van der Waals surface area contributed by atoms with E-state index in [-0.39, 0.29) is 5.95 Å². The molecule has 0 aliphatic carbocycles. The third kappa shape index (κ3) is 3.48. The molecule has 0 amide bonds. The van der Waals surface area contributed by atoms with E-state index in [1.54, 1.807) is 13.1 Å². The Kier molecular flexibility index (Phi) is 4.59. The number of rotatable bonds is 2. The lowest BCUT2D eigenvalue weighted by atomic mass is 10.0. The maximum atomic E-state index is 10.6. The van der Waals surface area contributed by atoms with Gasteiger partial charge in [0, 0.05) is 30.2 Å². The van der Waals surface area contributed by atoms with Gasteiger partial charge in [-0.2, -0.15) is 4.98 Å². The summed E-state index contributed by atoms with van der Waals surface area (Å²) in [5.74, 6) is 6.64. The van der Waals surface area contributed by atoms with Crippen LogP contribution in [-0.4, -0.2) is 31.6 Å². The topological polar surface area (TPSA) is 101 Å². The van der Waals surface area contributed by atoms with Crippen LogP contribution in [-0.2, 0) is 12.0 Å². The molecule has 0 spiro atoms. The number of halogens is 1. The van der Waals surface area contributed by atoms with Crippen LogP contribution in [0.25, 0.3) is 0 Å². The highest BCUT2D eigenvalue weighted by Gasteiger charge is 2.25. The molecule has 4 rings (SSSR count). The average molecular weight is 393 g/mol. The maximum Gasteiger partial charge on any atom is 0.222 e. The van der Waals surface area contributed by atoms with Gasteiger partial charge < -0.3 is 15.7 Å². The third-order valence-electron chi connectivity index (χ3n) is 4.49. The first-order chi connectivity index (χ1) is 13.4. The summed E-state index contributed by atoms with van der Waals surface area (Å²) in [5, 5.41) is 11.0. The van der Waals surface area contributed by atoms with Gasteiger partial charge >= 0.3 is 0 Å². The summed E-state index contributed by atoms with van der Waals surface area (Å²) in [5.41, 5.74) is 7.61. The number of nitrogens with two attached hydrogens (primary N) is 1. The zero-order valence-electron chi connectivity index (χ0n) is 15.1. The highest BCUT2D eigenvalue weighted by Crippen LogP contribution is 2.37. The summed E-state index contributed by atoms with van der Waals surface area (Å²) in [7, 11) is 0. The second-order valence-electron chi connectivity index (χ2n) is 6.56. The van der Waals surface area contributed by atoms with E-state index >= 15 is 0 Å². The van der Waals surface area contributed by atoms with E-state index < -0.39 is 5.60 Å². The van der Waals surface area contributed by atoms with E-state index in [4.69, 9.17) is 17.3 Å². The first-order valence-electron chi connectivity index (χ1n) is 8.64. The van der Waals surface area contributed by atoms with Crippen molar-refractivity contribution in [3.8, 4) is 11.8 Å². The summed E-state index contributed by atoms with van der Waals surface area (Å²) in [4.78, 5) is 18.3. The number of hydrogen-bond donors (Lipinski definition) is 2. The van der Waals surface area contributed by atoms with Crippen molar-refractivity contribution in [2.75, 3.05) is 17.2 Å². The van der Waals surface area contributed by atoms with Crippen molar-refractivity contribution in [3.05, 3.63) is 64.8 Å². The molecule has 1 aliphatic heterocycles. The standard InChI is InChI=1S/C20H17ClN6O/c1-20(28,17-12-23-7-8-24-17)6-4-13-2-3-14-5-9-27(16(14)10-13)18-15(21)11-25-19(22)26-18/h2-3,7-8,10-12,28H,5,9H2,1H3,(H2,22,25,26). The molecule has 28 heavy (non-hydrogen) atoms. The van der Waals surface area contributed by atoms with Crippen molar-refractivity contribution in [1.29, 1.82) is 0 Å². The minimum Gasteiger partial charge on any atom is -0.372 e. The zero-order valence-corrected chi connectivity index (χ0v) is 15.9. The van der Waals surface area contributed by atoms with Gasteiger partial charge in [0.25, 0.3) is 0 Å². The molecule has 1 atom stereocenters. The van der Waals surface area contributed by atoms with Crippen molar-refractivity contribution in [2.45, 2.75) is 18.9 Å². The van der Waals surface area contributed by atoms with Crippen molar-refractivity contribution < 1.29 is 5.11 Å². The average Bonchev–Trinajstić information content (AvgIpc) is 3.12. The number of aromatic nitrogens is 4. The van der Waals surface area contributed by atoms with Crippen molar-refractivity contribution >= 4 is 29.1 Å². The first-order valence-corrected chi connectivity index (χ1v) is 9.02. The molecule has 3 aromatic rings. The quantitative estimate of drug-likeness (QED) is 0.646. The summed E-state index contributed by atoms with van der Waals surface area (Å²) in [6.45, 7) is 2.33. The molecule has 3 heterocycles. The number of benzene rings is 1. The molecule has 1 aromatic carbocycles. The van der Waals surface area contributed by atoms with Crippen molar-refractivity contribution in [1.82, 2.24) is 19.9 Å². The number of anilines is 3. The Balaban J connectivity index is 1.68. The lowest BCUT2D eigenvalue weighted by molar-refractivity contribution is 0.117. The summed E-state index contributed by atoms with van der Waals surface area (Å²) >= 11 is 6.28. The highest BCUT2D eigenvalue weighted by atomic mass is 35.5. The fourth-order valence-corrected chi connectivity index (χ4v) is 3.24.